The van der Waals surface area contributed by atoms with Crippen LogP contribution in [0.5, 0.6) is 0 Å². The van der Waals surface area contributed by atoms with Crippen molar-refractivity contribution in [2.45, 2.75) is 20.0 Å². The van der Waals surface area contributed by atoms with Crippen LogP contribution in [-0.4, -0.2) is 22.2 Å². The van der Waals surface area contributed by atoms with E-state index >= 15 is 0 Å². The maximum Gasteiger partial charge on any atom is 0.191 e. The van der Waals surface area contributed by atoms with Gasteiger partial charge in [-0.3, -0.25) is 0 Å². The second-order valence-corrected chi connectivity index (χ2v) is 4.22. The van der Waals surface area contributed by atoms with E-state index < -0.39 is 0 Å². The third-order valence-electron chi connectivity index (χ3n) is 2.59. The van der Waals surface area contributed by atoms with E-state index in [0.717, 1.165) is 18.2 Å². The standard InChI is InChI=1S/C13H19N5O.HI/c1-3-14-13(16-9-12-5-7-19-17-12)15-8-11-4-6-18(2)10-11;/h4-7,10H,3,8-9H2,1-2H3,(H2,14,15,16);1H. The second kappa shape index (κ2) is 8.62. The molecule has 2 rings (SSSR count). The van der Waals surface area contributed by atoms with Gasteiger partial charge in [0.25, 0.3) is 0 Å². The number of rotatable bonds is 5. The predicted molar refractivity (Wildman–Crippen MR) is 89.0 cm³/mol. The lowest BCUT2D eigenvalue weighted by molar-refractivity contribution is 0.410. The molecule has 20 heavy (non-hydrogen) atoms. The van der Waals surface area contributed by atoms with Crippen molar-refractivity contribution in [3.05, 3.63) is 42.0 Å². The van der Waals surface area contributed by atoms with E-state index in [9.17, 15) is 0 Å². The van der Waals surface area contributed by atoms with Crippen molar-refractivity contribution >= 4 is 29.9 Å². The molecule has 2 aromatic rings. The van der Waals surface area contributed by atoms with Gasteiger partial charge in [0.05, 0.1) is 13.1 Å². The van der Waals surface area contributed by atoms with Gasteiger partial charge in [0, 0.05) is 32.1 Å². The van der Waals surface area contributed by atoms with E-state index in [2.05, 4.69) is 33.0 Å². The van der Waals surface area contributed by atoms with Crippen molar-refractivity contribution in [1.82, 2.24) is 20.4 Å². The summed E-state index contributed by atoms with van der Waals surface area (Å²) in [6, 6.07) is 3.89. The number of hydrogen-bond acceptors (Lipinski definition) is 3. The third kappa shape index (κ3) is 5.24. The average molecular weight is 389 g/mol. The number of halogens is 1. The topological polar surface area (TPSA) is 67.4 Å². The van der Waals surface area contributed by atoms with Gasteiger partial charge in [-0.2, -0.15) is 0 Å². The van der Waals surface area contributed by atoms with Crippen LogP contribution >= 0.6 is 24.0 Å². The van der Waals surface area contributed by atoms with Gasteiger partial charge in [0.1, 0.15) is 12.0 Å². The Kier molecular flexibility index (Phi) is 7.13. The van der Waals surface area contributed by atoms with Crippen molar-refractivity contribution in [3.63, 3.8) is 0 Å². The molecule has 0 saturated carbocycles. The Labute approximate surface area is 135 Å². The lowest BCUT2D eigenvalue weighted by Gasteiger charge is -2.09. The number of aromatic nitrogens is 2. The summed E-state index contributed by atoms with van der Waals surface area (Å²) in [6.45, 7) is 4.10. The lowest BCUT2D eigenvalue weighted by atomic mass is 10.3. The van der Waals surface area contributed by atoms with E-state index in [1.807, 2.05) is 30.8 Å². The Morgan fingerprint density at radius 1 is 1.40 bits per heavy atom. The molecule has 0 aliphatic rings. The van der Waals surface area contributed by atoms with Crippen molar-refractivity contribution in [3.8, 4) is 0 Å². The Bertz CT molecular complexity index is 521. The molecule has 7 heteroatoms. The highest BCUT2D eigenvalue weighted by Crippen LogP contribution is 2.01. The molecule has 2 heterocycles. The molecule has 2 N–H and O–H groups in total. The Morgan fingerprint density at radius 3 is 2.85 bits per heavy atom. The van der Waals surface area contributed by atoms with Gasteiger partial charge in [-0.05, 0) is 18.6 Å². The summed E-state index contributed by atoms with van der Waals surface area (Å²) in [4.78, 5) is 4.52. The number of aliphatic imine (C=N–C) groups is 1. The fraction of sp³-hybridized carbons (Fsp3) is 0.385. The molecule has 2 aromatic heterocycles. The molecule has 0 amide bonds. The average Bonchev–Trinajstić information content (AvgIpc) is 3.04. The van der Waals surface area contributed by atoms with Crippen LogP contribution in [0.3, 0.4) is 0 Å². The van der Waals surface area contributed by atoms with Crippen molar-refractivity contribution in [2.24, 2.45) is 12.0 Å². The van der Waals surface area contributed by atoms with Crippen LogP contribution in [0.2, 0.25) is 0 Å². The fourth-order valence-electron chi connectivity index (χ4n) is 1.67. The predicted octanol–water partition coefficient (Wildman–Crippen LogP) is 1.89. The van der Waals surface area contributed by atoms with Gasteiger partial charge in [-0.1, -0.05) is 5.16 Å². The number of nitrogens with one attached hydrogen (secondary N) is 2. The van der Waals surface area contributed by atoms with Gasteiger partial charge in [0.2, 0.25) is 0 Å². The van der Waals surface area contributed by atoms with Crippen LogP contribution in [0.1, 0.15) is 18.2 Å². The van der Waals surface area contributed by atoms with Gasteiger partial charge in [-0.15, -0.1) is 24.0 Å². The molecular formula is C13H20IN5O. The molecule has 0 spiro atoms. The Morgan fingerprint density at radius 2 is 2.25 bits per heavy atom. The summed E-state index contributed by atoms with van der Waals surface area (Å²) >= 11 is 0. The normalized spacial score (nSPS) is 11.0. The van der Waals surface area contributed by atoms with Crippen LogP contribution in [0.15, 0.2) is 40.3 Å². The van der Waals surface area contributed by atoms with Gasteiger partial charge in [0.15, 0.2) is 5.96 Å². The van der Waals surface area contributed by atoms with E-state index in [1.165, 1.54) is 5.56 Å². The molecule has 0 aromatic carbocycles. The first-order valence-electron chi connectivity index (χ1n) is 6.30. The molecule has 0 fully saturated rings. The molecule has 0 aliphatic heterocycles. The summed E-state index contributed by atoms with van der Waals surface area (Å²) in [5.41, 5.74) is 2.03. The monoisotopic (exact) mass is 389 g/mol. The molecule has 0 saturated heterocycles. The first kappa shape index (κ1) is 16.5. The summed E-state index contributed by atoms with van der Waals surface area (Å²) in [6.07, 6.45) is 5.64. The van der Waals surface area contributed by atoms with Crippen LogP contribution in [0.4, 0.5) is 0 Å². The van der Waals surface area contributed by atoms with E-state index in [-0.39, 0.29) is 24.0 Å². The maximum absolute atomic E-state index is 4.79. The highest BCUT2D eigenvalue weighted by atomic mass is 127. The van der Waals surface area contributed by atoms with E-state index in [4.69, 9.17) is 4.52 Å². The number of aryl methyl sites for hydroxylation is 1. The van der Waals surface area contributed by atoms with E-state index in [0.29, 0.717) is 13.1 Å². The lowest BCUT2D eigenvalue weighted by Crippen LogP contribution is -2.36. The highest BCUT2D eigenvalue weighted by Gasteiger charge is 2.00. The summed E-state index contributed by atoms with van der Waals surface area (Å²) in [7, 11) is 2.00. The van der Waals surface area contributed by atoms with Gasteiger partial charge in [-0.25, -0.2) is 4.99 Å². The first-order chi connectivity index (χ1) is 9.28. The van der Waals surface area contributed by atoms with Crippen molar-refractivity contribution in [1.29, 1.82) is 0 Å². The van der Waals surface area contributed by atoms with Gasteiger partial charge >= 0.3 is 0 Å². The summed E-state index contributed by atoms with van der Waals surface area (Å²) < 4.78 is 6.80. The minimum atomic E-state index is 0. The van der Waals surface area contributed by atoms with Crippen LogP contribution in [0.25, 0.3) is 0 Å². The largest absolute Gasteiger partial charge is 0.364 e. The van der Waals surface area contributed by atoms with Crippen molar-refractivity contribution in [2.75, 3.05) is 6.54 Å². The van der Waals surface area contributed by atoms with Crippen LogP contribution in [-0.2, 0) is 20.1 Å². The molecule has 0 radical (unpaired) electrons. The fourth-order valence-corrected chi connectivity index (χ4v) is 1.67. The van der Waals surface area contributed by atoms with Crippen LogP contribution < -0.4 is 10.6 Å². The zero-order valence-electron chi connectivity index (χ0n) is 11.7. The smallest absolute Gasteiger partial charge is 0.191 e. The Hall–Kier alpha value is -1.51. The SMILES string of the molecule is CCNC(=NCc1ccn(C)c1)NCc1ccon1.I. The summed E-state index contributed by atoms with van der Waals surface area (Å²) in [5.74, 6) is 0.773. The molecule has 6 nitrogen and oxygen atoms in total. The summed E-state index contributed by atoms with van der Waals surface area (Å²) in [5, 5.41) is 10.3. The quantitative estimate of drug-likeness (QED) is 0.466. The minimum Gasteiger partial charge on any atom is -0.364 e. The molecule has 0 atom stereocenters. The van der Waals surface area contributed by atoms with E-state index in [1.54, 1.807) is 6.26 Å². The second-order valence-electron chi connectivity index (χ2n) is 4.22. The first-order valence-corrected chi connectivity index (χ1v) is 6.30. The molecule has 110 valence electrons. The Balaban J connectivity index is 0.00000200. The number of nitrogens with zero attached hydrogens (tertiary/aromatic N) is 3. The molecule has 0 unspecified atom stereocenters. The van der Waals surface area contributed by atoms with Crippen LogP contribution in [0, 0.1) is 0 Å². The zero-order valence-corrected chi connectivity index (χ0v) is 14.0. The zero-order chi connectivity index (χ0) is 13.5. The molecule has 0 bridgehead atoms. The number of guanidine groups is 1. The maximum atomic E-state index is 4.79. The molecule has 0 aliphatic carbocycles. The molecular weight excluding hydrogens is 369 g/mol. The van der Waals surface area contributed by atoms with Gasteiger partial charge < -0.3 is 19.7 Å². The van der Waals surface area contributed by atoms with Crippen molar-refractivity contribution < 1.29 is 4.52 Å². The number of hydrogen-bond donors (Lipinski definition) is 2. The minimum absolute atomic E-state index is 0. The highest BCUT2D eigenvalue weighted by molar-refractivity contribution is 14.0. The third-order valence-corrected chi connectivity index (χ3v) is 2.59.